The Morgan fingerprint density at radius 3 is 1.14 bits per heavy atom. The van der Waals surface area contributed by atoms with Crippen molar-refractivity contribution in [1.29, 1.82) is 0 Å². The maximum atomic E-state index is 7.16. The molecular formula is C46H4B22N2OS2. The summed E-state index contributed by atoms with van der Waals surface area (Å²) in [6.45, 7) is 0. The molecule has 0 amide bonds. The predicted octanol–water partition coefficient (Wildman–Crippen LogP) is -12.8. The SMILES string of the molecule is [B]c1c([B])c(-c2ccc3oc4c(-c5c([B])c([B])c([B])c(-c6c([B])c([B])c([B])c7c6sc6c([B])c([B])c([B])c([B])c67)c5[B])ncnc4c3c2)c([B])c(-c2c([B])c([B])c([B])c3c2sc2c([B])c([B])c([B])c([B])c23)c1[B]. The Morgan fingerprint density at radius 2 is 0.671 bits per heavy atom. The van der Waals surface area contributed by atoms with Crippen LogP contribution in [0.3, 0.4) is 0 Å². The second-order valence-corrected chi connectivity index (χ2v) is 19.6. The number of hydrogen-bond acceptors (Lipinski definition) is 5. The van der Waals surface area contributed by atoms with Gasteiger partial charge < -0.3 is 4.42 Å². The van der Waals surface area contributed by atoms with E-state index in [1.165, 1.54) is 29.0 Å². The third-order valence-electron chi connectivity index (χ3n) is 13.9. The van der Waals surface area contributed by atoms with E-state index in [1.54, 1.807) is 18.2 Å². The smallest absolute Gasteiger partial charge is 0.180 e. The summed E-state index contributed by atoms with van der Waals surface area (Å²) >= 11 is 2.37. The lowest BCUT2D eigenvalue weighted by Crippen LogP contribution is -2.48. The van der Waals surface area contributed by atoms with Crippen molar-refractivity contribution in [3.05, 3.63) is 24.5 Å². The first kappa shape index (κ1) is 50.4. The monoisotopic (exact) mass is 906 g/mol. The van der Waals surface area contributed by atoms with Crippen molar-refractivity contribution < 1.29 is 4.42 Å². The van der Waals surface area contributed by atoms with E-state index in [-0.39, 0.29) is 159 Å². The van der Waals surface area contributed by atoms with Gasteiger partial charge >= 0.3 is 0 Å². The summed E-state index contributed by atoms with van der Waals surface area (Å²) in [6.07, 6.45) is 1.30. The molecule has 27 heteroatoms. The van der Waals surface area contributed by atoms with Crippen molar-refractivity contribution >= 4 is 378 Å². The van der Waals surface area contributed by atoms with Gasteiger partial charge in [0.2, 0.25) is 0 Å². The molecule has 7 aromatic carbocycles. The van der Waals surface area contributed by atoms with Gasteiger partial charge in [-0.15, -0.1) is 66.4 Å². The molecule has 4 heterocycles. The van der Waals surface area contributed by atoms with Gasteiger partial charge in [0.25, 0.3) is 0 Å². The fourth-order valence-corrected chi connectivity index (χ4v) is 12.7. The molecule has 0 saturated carbocycles. The molecule has 0 atom stereocenters. The molecular weight excluding hydrogens is 899 g/mol. The van der Waals surface area contributed by atoms with Crippen LogP contribution in [0.5, 0.6) is 0 Å². The first-order valence-corrected chi connectivity index (χ1v) is 23.2. The quantitative estimate of drug-likeness (QED) is 0.165. The standard InChI is InChI=1S/C46H4B22N2OS2/c47-18-8(20(49)30(59)21(50)9(18)11-23(52)32(61)25(54)13-15-27(56)34(63)36(65)38(67)45(15)72-43(11)13)5-1-2-7-6(3-5)40-42(71-7)41(70-4-69-40)17-19(48)10(22(51)31(60)29(17)58)12-24(53)33(62)26(55)14-16-28(57)35(64)37(66)39(68)46(16)73-44(12)14/h1-4H. The first-order chi connectivity index (χ1) is 34.4. The molecule has 0 unspecified atom stereocenters. The third kappa shape index (κ3) is 6.74. The van der Waals surface area contributed by atoms with E-state index in [2.05, 4.69) is 9.97 Å². The molecule has 3 nitrogen and oxygen atoms in total. The Kier molecular flexibility index (Phi) is 12.0. The fraction of sp³-hybridized carbons (Fsp3) is 0. The molecule has 11 aromatic rings. The molecule has 282 valence electrons. The number of benzene rings is 7. The van der Waals surface area contributed by atoms with Gasteiger partial charge in [-0.25, -0.2) is 9.97 Å². The van der Waals surface area contributed by atoms with E-state index in [9.17, 15) is 0 Å². The van der Waals surface area contributed by atoms with Gasteiger partial charge in [-0.1, -0.05) is 82.5 Å². The molecule has 0 aliphatic rings. The van der Waals surface area contributed by atoms with Crippen LogP contribution in [-0.4, -0.2) is 183 Å². The number of furan rings is 1. The molecule has 0 aliphatic carbocycles. The number of fused-ring (bicyclic) bond motifs is 9. The van der Waals surface area contributed by atoms with Gasteiger partial charge in [0, 0.05) is 24.2 Å². The van der Waals surface area contributed by atoms with Gasteiger partial charge in [-0.3, -0.25) is 0 Å². The molecule has 73 heavy (non-hydrogen) atoms. The molecule has 44 radical (unpaired) electrons. The predicted molar refractivity (Wildman–Crippen MR) is 335 cm³/mol. The first-order valence-electron chi connectivity index (χ1n) is 21.5. The van der Waals surface area contributed by atoms with Crippen LogP contribution in [-0.2, 0) is 0 Å². The number of nitrogens with zero attached hydrogens (tertiary/aromatic N) is 2. The van der Waals surface area contributed by atoms with Crippen LogP contribution in [0.4, 0.5) is 0 Å². The van der Waals surface area contributed by atoms with E-state index in [0.717, 1.165) is 0 Å². The van der Waals surface area contributed by atoms with Crippen molar-refractivity contribution in [3.63, 3.8) is 0 Å². The van der Waals surface area contributed by atoms with Gasteiger partial charge in [0.1, 0.15) is 196 Å². The minimum absolute atomic E-state index is 0.00102. The second-order valence-electron chi connectivity index (χ2n) is 17.6. The Balaban J connectivity index is 1.14. The van der Waals surface area contributed by atoms with Gasteiger partial charge in [-0.05, 0) is 72.6 Å². The summed E-state index contributed by atoms with van der Waals surface area (Å²) in [5, 5.41) is 2.12. The van der Waals surface area contributed by atoms with Crippen LogP contribution in [0, 0.1) is 0 Å². The Labute approximate surface area is 458 Å². The van der Waals surface area contributed by atoms with Crippen molar-refractivity contribution in [2.45, 2.75) is 0 Å². The van der Waals surface area contributed by atoms with Gasteiger partial charge in [0.15, 0.2) is 5.58 Å². The van der Waals surface area contributed by atoms with E-state index in [4.69, 9.17) is 177 Å². The molecule has 4 aromatic heterocycles. The van der Waals surface area contributed by atoms with E-state index in [1.807, 2.05) is 0 Å². The van der Waals surface area contributed by atoms with Crippen LogP contribution in [0.2, 0.25) is 0 Å². The van der Waals surface area contributed by atoms with Crippen LogP contribution < -0.4 is 120 Å². The zero-order chi connectivity index (χ0) is 52.6. The van der Waals surface area contributed by atoms with Crippen molar-refractivity contribution in [2.75, 3.05) is 0 Å². The van der Waals surface area contributed by atoms with Crippen LogP contribution >= 0.6 is 22.7 Å². The molecule has 0 saturated heterocycles. The lowest BCUT2D eigenvalue weighted by atomic mass is 9.59. The normalized spacial score (nSPS) is 11.9. The summed E-state index contributed by atoms with van der Waals surface area (Å²) in [5.74, 6) is 0. The zero-order valence-corrected chi connectivity index (χ0v) is 39.8. The third-order valence-corrected chi connectivity index (χ3v) is 16.4. The topological polar surface area (TPSA) is 38.9 Å². The molecule has 0 fully saturated rings. The summed E-state index contributed by atoms with van der Waals surface area (Å²) in [7, 11) is 146. The minimum Gasteiger partial charge on any atom is -0.452 e. The maximum absolute atomic E-state index is 7.16. The van der Waals surface area contributed by atoms with Crippen LogP contribution in [0.15, 0.2) is 28.9 Å². The lowest BCUT2D eigenvalue weighted by molar-refractivity contribution is 0.667. The number of rotatable bonds is 4. The van der Waals surface area contributed by atoms with Crippen LogP contribution in [0.25, 0.3) is 107 Å². The average molecular weight is 903 g/mol. The highest BCUT2D eigenvalue weighted by molar-refractivity contribution is 7.29. The summed E-state index contributed by atoms with van der Waals surface area (Å²) < 4.78 is 8.40. The van der Waals surface area contributed by atoms with Crippen molar-refractivity contribution in [2.24, 2.45) is 0 Å². The van der Waals surface area contributed by atoms with Crippen molar-refractivity contribution in [1.82, 2.24) is 9.97 Å². The maximum Gasteiger partial charge on any atom is 0.180 e. The van der Waals surface area contributed by atoms with Gasteiger partial charge in [0.05, 0.1) is 0 Å². The Hall–Kier alpha value is -4.71. The number of thiophene rings is 2. The molecule has 0 bridgehead atoms. The van der Waals surface area contributed by atoms with Crippen molar-refractivity contribution in [3.8, 4) is 44.6 Å². The highest BCUT2D eigenvalue weighted by Gasteiger charge is 2.28. The largest absolute Gasteiger partial charge is 0.452 e. The van der Waals surface area contributed by atoms with Gasteiger partial charge in [-0.2, -0.15) is 0 Å². The molecule has 0 aliphatic heterocycles. The minimum atomic E-state index is -0.0553. The Morgan fingerprint density at radius 1 is 0.315 bits per heavy atom. The zero-order valence-electron chi connectivity index (χ0n) is 38.1. The van der Waals surface area contributed by atoms with E-state index in [0.29, 0.717) is 68.0 Å². The van der Waals surface area contributed by atoms with E-state index < -0.39 is 0 Å². The lowest BCUT2D eigenvalue weighted by Gasteiger charge is -2.26. The Bertz CT molecular complexity index is 4430. The summed E-state index contributed by atoms with van der Waals surface area (Å²) in [5.41, 5.74) is 4.12. The summed E-state index contributed by atoms with van der Waals surface area (Å²) in [6, 6.07) is 5.16. The molecule has 11 rings (SSSR count). The number of aromatic nitrogens is 2. The molecule has 0 N–H and O–H groups in total. The summed E-state index contributed by atoms with van der Waals surface area (Å²) in [4.78, 5) is 9.26. The van der Waals surface area contributed by atoms with E-state index >= 15 is 0 Å². The molecule has 0 spiro atoms. The van der Waals surface area contributed by atoms with Crippen LogP contribution in [0.1, 0.15) is 0 Å². The highest BCUT2D eigenvalue weighted by Crippen LogP contribution is 2.39. The number of hydrogen-bond donors (Lipinski definition) is 0. The fourth-order valence-electron chi connectivity index (χ4n) is 9.96. The second kappa shape index (κ2) is 17.4. The average Bonchev–Trinajstić information content (AvgIpc) is 4.08. The highest BCUT2D eigenvalue weighted by atomic mass is 32.1.